The van der Waals surface area contributed by atoms with Crippen LogP contribution in [0, 0.1) is 0 Å². The number of rotatable bonds is 7. The molecule has 146 valence electrons. The zero-order valence-electron chi connectivity index (χ0n) is 16.9. The lowest BCUT2D eigenvalue weighted by atomic mass is 9.97. The van der Waals surface area contributed by atoms with Gasteiger partial charge in [0.2, 0.25) is 0 Å². The highest BCUT2D eigenvalue weighted by atomic mass is 16.5. The van der Waals surface area contributed by atoms with Gasteiger partial charge in [0.05, 0.1) is 18.4 Å². The number of carbonyl (C=O) groups excluding carboxylic acids is 1. The number of ketones is 1. The van der Waals surface area contributed by atoms with Crippen LogP contribution in [0.4, 0.5) is 0 Å². The minimum Gasteiger partial charge on any atom is -0.497 e. The largest absolute Gasteiger partial charge is 0.497 e. The van der Waals surface area contributed by atoms with Crippen LogP contribution in [0.5, 0.6) is 5.75 Å². The highest BCUT2D eigenvalue weighted by Crippen LogP contribution is 2.37. The molecule has 1 heterocycles. The van der Waals surface area contributed by atoms with Gasteiger partial charge in [-0.05, 0) is 30.2 Å². The third-order valence-electron chi connectivity index (χ3n) is 5.32. The lowest BCUT2D eigenvalue weighted by Gasteiger charge is -2.12. The van der Waals surface area contributed by atoms with E-state index in [0.717, 1.165) is 52.9 Å². The van der Waals surface area contributed by atoms with E-state index in [0.29, 0.717) is 5.56 Å². The lowest BCUT2D eigenvalue weighted by Crippen LogP contribution is -2.06. The van der Waals surface area contributed by atoms with Crippen LogP contribution in [0.1, 0.15) is 35.7 Å². The molecule has 3 heteroatoms. The topological polar surface area (TPSA) is 31.2 Å². The Kier molecular flexibility index (Phi) is 5.48. The van der Waals surface area contributed by atoms with Crippen molar-refractivity contribution in [2.75, 3.05) is 7.11 Å². The van der Waals surface area contributed by atoms with Gasteiger partial charge in [-0.2, -0.15) is 0 Å². The van der Waals surface area contributed by atoms with Crippen LogP contribution in [0.15, 0.2) is 78.9 Å². The number of aryl methyl sites for hydroxylation is 1. The molecule has 0 aliphatic rings. The first-order valence-electron chi connectivity index (χ1n) is 10.1. The molecule has 0 radical (unpaired) electrons. The van der Waals surface area contributed by atoms with Crippen LogP contribution in [-0.4, -0.2) is 17.5 Å². The Morgan fingerprint density at radius 3 is 2.28 bits per heavy atom. The molecule has 0 aliphatic heterocycles. The number of benzene rings is 3. The maximum Gasteiger partial charge on any atom is 0.195 e. The number of hydrogen-bond acceptors (Lipinski definition) is 2. The molecule has 0 atom stereocenters. The normalized spacial score (nSPS) is 11.0. The van der Waals surface area contributed by atoms with Crippen molar-refractivity contribution in [1.29, 1.82) is 0 Å². The van der Waals surface area contributed by atoms with Gasteiger partial charge in [-0.15, -0.1) is 0 Å². The van der Waals surface area contributed by atoms with Gasteiger partial charge in [-0.1, -0.05) is 74.0 Å². The minimum atomic E-state index is 0.0398. The maximum atomic E-state index is 13.7. The summed E-state index contributed by atoms with van der Waals surface area (Å²) in [7, 11) is 1.66. The van der Waals surface area contributed by atoms with E-state index in [4.69, 9.17) is 4.74 Å². The van der Waals surface area contributed by atoms with Crippen LogP contribution in [-0.2, 0) is 6.54 Å². The van der Waals surface area contributed by atoms with Crippen LogP contribution < -0.4 is 4.74 Å². The standard InChI is InChI=1S/C26H25NO2/c1-3-4-17-27-23-16-15-21(29-2)18-22(23)24(25(27)19-11-7-5-8-12-19)26(28)20-13-9-6-10-14-20/h5-16,18H,3-4,17H2,1-2H3. The molecule has 0 saturated heterocycles. The summed E-state index contributed by atoms with van der Waals surface area (Å²) >= 11 is 0. The zero-order valence-corrected chi connectivity index (χ0v) is 16.9. The first kappa shape index (κ1) is 19.0. The van der Waals surface area contributed by atoms with E-state index in [-0.39, 0.29) is 5.78 Å². The molecule has 0 fully saturated rings. The van der Waals surface area contributed by atoms with E-state index in [9.17, 15) is 4.79 Å². The van der Waals surface area contributed by atoms with Crippen molar-refractivity contribution >= 4 is 16.7 Å². The molecule has 29 heavy (non-hydrogen) atoms. The molecule has 0 unspecified atom stereocenters. The van der Waals surface area contributed by atoms with Crippen molar-refractivity contribution < 1.29 is 9.53 Å². The molecule has 0 aliphatic carbocycles. The number of hydrogen-bond donors (Lipinski definition) is 0. The summed E-state index contributed by atoms with van der Waals surface area (Å²) in [5.41, 5.74) is 4.54. The number of aromatic nitrogens is 1. The molecule has 4 aromatic rings. The lowest BCUT2D eigenvalue weighted by molar-refractivity contribution is 0.104. The van der Waals surface area contributed by atoms with Crippen LogP contribution in [0.2, 0.25) is 0 Å². The third kappa shape index (κ3) is 3.56. The molecule has 0 spiro atoms. The average molecular weight is 383 g/mol. The van der Waals surface area contributed by atoms with Gasteiger partial charge in [0.1, 0.15) is 5.75 Å². The molecular weight excluding hydrogens is 358 g/mol. The van der Waals surface area contributed by atoms with Gasteiger partial charge < -0.3 is 9.30 Å². The molecule has 1 aromatic heterocycles. The van der Waals surface area contributed by atoms with E-state index in [1.54, 1.807) is 7.11 Å². The Bertz CT molecular complexity index is 1130. The Morgan fingerprint density at radius 2 is 1.62 bits per heavy atom. The highest BCUT2D eigenvalue weighted by Gasteiger charge is 2.24. The van der Waals surface area contributed by atoms with Crippen LogP contribution in [0.3, 0.4) is 0 Å². The van der Waals surface area contributed by atoms with Gasteiger partial charge in [-0.3, -0.25) is 4.79 Å². The van der Waals surface area contributed by atoms with Crippen molar-refractivity contribution in [3.8, 4) is 17.0 Å². The summed E-state index contributed by atoms with van der Waals surface area (Å²) in [4.78, 5) is 13.7. The Balaban J connectivity index is 2.06. The smallest absolute Gasteiger partial charge is 0.195 e. The number of unbranched alkanes of at least 4 members (excludes halogenated alkanes) is 1. The second-order valence-electron chi connectivity index (χ2n) is 7.17. The second kappa shape index (κ2) is 8.36. The average Bonchev–Trinajstić information content (AvgIpc) is 3.11. The van der Waals surface area contributed by atoms with Crippen LogP contribution in [0.25, 0.3) is 22.2 Å². The zero-order chi connectivity index (χ0) is 20.2. The predicted molar refractivity (Wildman–Crippen MR) is 119 cm³/mol. The van der Waals surface area contributed by atoms with E-state index >= 15 is 0 Å². The summed E-state index contributed by atoms with van der Waals surface area (Å²) in [5, 5.41) is 0.938. The first-order chi connectivity index (χ1) is 14.2. The van der Waals surface area contributed by atoms with Crippen molar-refractivity contribution in [2.45, 2.75) is 26.3 Å². The molecule has 0 saturated carbocycles. The van der Waals surface area contributed by atoms with Crippen molar-refractivity contribution in [3.63, 3.8) is 0 Å². The molecule has 0 bridgehead atoms. The van der Waals surface area contributed by atoms with Gasteiger partial charge in [0.25, 0.3) is 0 Å². The highest BCUT2D eigenvalue weighted by molar-refractivity contribution is 6.20. The molecule has 4 rings (SSSR count). The van der Waals surface area contributed by atoms with E-state index < -0.39 is 0 Å². The molecule has 3 nitrogen and oxygen atoms in total. The van der Waals surface area contributed by atoms with E-state index in [2.05, 4.69) is 29.7 Å². The van der Waals surface area contributed by atoms with Crippen molar-refractivity contribution in [3.05, 3.63) is 90.0 Å². The summed E-state index contributed by atoms with van der Waals surface area (Å²) in [6.45, 7) is 3.05. The second-order valence-corrected chi connectivity index (χ2v) is 7.17. The van der Waals surface area contributed by atoms with Gasteiger partial charge in [0.15, 0.2) is 5.78 Å². The monoisotopic (exact) mass is 383 g/mol. The Hall–Kier alpha value is -3.33. The molecular formula is C26H25NO2. The Morgan fingerprint density at radius 1 is 0.931 bits per heavy atom. The molecule has 3 aromatic carbocycles. The van der Waals surface area contributed by atoms with Gasteiger partial charge in [0, 0.05) is 23.0 Å². The first-order valence-corrected chi connectivity index (χ1v) is 10.1. The van der Waals surface area contributed by atoms with Crippen molar-refractivity contribution in [1.82, 2.24) is 4.57 Å². The summed E-state index contributed by atoms with van der Waals surface area (Å²) < 4.78 is 7.77. The molecule has 0 N–H and O–H groups in total. The SMILES string of the molecule is CCCCn1c(-c2ccccc2)c(C(=O)c2ccccc2)c2cc(OC)ccc21. The summed E-state index contributed by atoms with van der Waals surface area (Å²) in [6.07, 6.45) is 2.14. The fourth-order valence-corrected chi connectivity index (χ4v) is 3.87. The third-order valence-corrected chi connectivity index (χ3v) is 5.32. The van der Waals surface area contributed by atoms with E-state index in [1.807, 2.05) is 60.7 Å². The van der Waals surface area contributed by atoms with Gasteiger partial charge in [-0.25, -0.2) is 0 Å². The summed E-state index contributed by atoms with van der Waals surface area (Å²) in [5.74, 6) is 0.796. The van der Waals surface area contributed by atoms with E-state index in [1.165, 1.54) is 0 Å². The number of ether oxygens (including phenoxy) is 1. The van der Waals surface area contributed by atoms with Crippen molar-refractivity contribution in [2.24, 2.45) is 0 Å². The fourth-order valence-electron chi connectivity index (χ4n) is 3.87. The number of nitrogens with zero attached hydrogens (tertiary/aromatic N) is 1. The number of fused-ring (bicyclic) bond motifs is 1. The summed E-state index contributed by atoms with van der Waals surface area (Å²) in [6, 6.07) is 25.7. The fraction of sp³-hybridized carbons (Fsp3) is 0.192. The number of carbonyl (C=O) groups is 1. The minimum absolute atomic E-state index is 0.0398. The van der Waals surface area contributed by atoms with Crippen LogP contribution >= 0.6 is 0 Å². The maximum absolute atomic E-state index is 13.7. The predicted octanol–water partition coefficient (Wildman–Crippen LogP) is 6.35. The molecule has 0 amide bonds. The number of methoxy groups -OCH3 is 1. The quantitative estimate of drug-likeness (QED) is 0.348. The Labute approximate surface area is 171 Å². The van der Waals surface area contributed by atoms with Gasteiger partial charge >= 0.3 is 0 Å².